The highest BCUT2D eigenvalue weighted by molar-refractivity contribution is 5.39. The molecular weight excluding hydrogens is 264 g/mol. The second-order valence-electron chi connectivity index (χ2n) is 5.69. The zero-order chi connectivity index (χ0) is 14.8. The molecule has 1 aliphatic carbocycles. The summed E-state index contributed by atoms with van der Waals surface area (Å²) in [6.07, 6.45) is 3.57. The van der Waals surface area contributed by atoms with Crippen molar-refractivity contribution in [3.63, 3.8) is 0 Å². The molecule has 0 saturated heterocycles. The van der Waals surface area contributed by atoms with Gasteiger partial charge in [0.15, 0.2) is 0 Å². The SMILES string of the molecule is CNC1CCCc2cc(OCc3c(C)noc3C)ccc21. The molecule has 0 radical (unpaired) electrons. The largest absolute Gasteiger partial charge is 0.489 e. The first kappa shape index (κ1) is 14.1. The van der Waals surface area contributed by atoms with Crippen molar-refractivity contribution < 1.29 is 9.26 Å². The van der Waals surface area contributed by atoms with Crippen LogP contribution in [0.4, 0.5) is 0 Å². The molecule has 1 heterocycles. The molecule has 1 unspecified atom stereocenters. The van der Waals surface area contributed by atoms with E-state index in [2.05, 4.69) is 28.7 Å². The molecule has 0 bridgehead atoms. The first-order valence-corrected chi connectivity index (χ1v) is 7.53. The molecule has 1 N–H and O–H groups in total. The van der Waals surface area contributed by atoms with Crippen LogP contribution in [0.25, 0.3) is 0 Å². The van der Waals surface area contributed by atoms with Gasteiger partial charge in [0.1, 0.15) is 18.1 Å². The summed E-state index contributed by atoms with van der Waals surface area (Å²) >= 11 is 0. The summed E-state index contributed by atoms with van der Waals surface area (Å²) in [5.41, 5.74) is 4.76. The van der Waals surface area contributed by atoms with Crippen LogP contribution in [0.2, 0.25) is 0 Å². The van der Waals surface area contributed by atoms with Gasteiger partial charge in [-0.2, -0.15) is 0 Å². The van der Waals surface area contributed by atoms with E-state index < -0.39 is 0 Å². The van der Waals surface area contributed by atoms with Crippen molar-refractivity contribution in [2.24, 2.45) is 0 Å². The third-order valence-electron chi connectivity index (χ3n) is 4.34. The number of ether oxygens (including phenoxy) is 1. The van der Waals surface area contributed by atoms with Crippen molar-refractivity contribution in [2.45, 2.75) is 45.8 Å². The van der Waals surface area contributed by atoms with Crippen LogP contribution >= 0.6 is 0 Å². The topological polar surface area (TPSA) is 47.3 Å². The van der Waals surface area contributed by atoms with E-state index in [1.807, 2.05) is 20.9 Å². The Bertz CT molecular complexity index is 614. The van der Waals surface area contributed by atoms with Crippen molar-refractivity contribution in [1.29, 1.82) is 0 Å². The number of nitrogens with one attached hydrogen (secondary N) is 1. The van der Waals surface area contributed by atoms with Gasteiger partial charge in [-0.05, 0) is 63.4 Å². The van der Waals surface area contributed by atoms with E-state index >= 15 is 0 Å². The smallest absolute Gasteiger partial charge is 0.140 e. The third-order valence-corrected chi connectivity index (χ3v) is 4.34. The molecule has 4 nitrogen and oxygen atoms in total. The van der Waals surface area contributed by atoms with Crippen LogP contribution in [0.5, 0.6) is 5.75 Å². The Morgan fingerprint density at radius 3 is 2.95 bits per heavy atom. The number of hydrogen-bond acceptors (Lipinski definition) is 4. The van der Waals surface area contributed by atoms with Crippen LogP contribution in [0.3, 0.4) is 0 Å². The van der Waals surface area contributed by atoms with Gasteiger partial charge < -0.3 is 14.6 Å². The molecule has 0 amide bonds. The van der Waals surface area contributed by atoms with E-state index in [0.717, 1.165) is 29.2 Å². The van der Waals surface area contributed by atoms with Crippen molar-refractivity contribution in [1.82, 2.24) is 10.5 Å². The molecule has 3 rings (SSSR count). The fourth-order valence-corrected chi connectivity index (χ4v) is 3.04. The number of hydrogen-bond donors (Lipinski definition) is 1. The quantitative estimate of drug-likeness (QED) is 0.935. The van der Waals surface area contributed by atoms with Gasteiger partial charge in [-0.15, -0.1) is 0 Å². The molecule has 112 valence electrons. The maximum absolute atomic E-state index is 5.93. The number of nitrogens with zero attached hydrogens (tertiary/aromatic N) is 1. The van der Waals surface area contributed by atoms with Crippen LogP contribution in [0.1, 0.15) is 47.0 Å². The molecule has 21 heavy (non-hydrogen) atoms. The zero-order valence-corrected chi connectivity index (χ0v) is 12.9. The van der Waals surface area contributed by atoms with E-state index in [4.69, 9.17) is 9.26 Å². The van der Waals surface area contributed by atoms with E-state index in [9.17, 15) is 0 Å². The summed E-state index contributed by atoms with van der Waals surface area (Å²) in [5, 5.41) is 7.34. The molecule has 4 heteroatoms. The van der Waals surface area contributed by atoms with Gasteiger partial charge >= 0.3 is 0 Å². The molecule has 0 saturated carbocycles. The maximum atomic E-state index is 5.93. The minimum Gasteiger partial charge on any atom is -0.489 e. The van der Waals surface area contributed by atoms with E-state index in [-0.39, 0.29) is 0 Å². The molecule has 0 aliphatic heterocycles. The van der Waals surface area contributed by atoms with Gasteiger partial charge in [0, 0.05) is 6.04 Å². The molecule has 1 aromatic heterocycles. The van der Waals surface area contributed by atoms with Crippen molar-refractivity contribution in [3.8, 4) is 5.75 Å². The van der Waals surface area contributed by atoms with Gasteiger partial charge in [0.2, 0.25) is 0 Å². The number of benzene rings is 1. The minimum atomic E-state index is 0.477. The van der Waals surface area contributed by atoms with E-state index in [1.54, 1.807) is 0 Å². The van der Waals surface area contributed by atoms with Crippen LogP contribution < -0.4 is 10.1 Å². The summed E-state index contributed by atoms with van der Waals surface area (Å²) in [6.45, 7) is 4.37. The highest BCUT2D eigenvalue weighted by Crippen LogP contribution is 2.32. The van der Waals surface area contributed by atoms with E-state index in [1.165, 1.54) is 24.0 Å². The molecular formula is C17H22N2O2. The zero-order valence-electron chi connectivity index (χ0n) is 12.9. The second kappa shape index (κ2) is 5.90. The molecule has 0 fully saturated rings. The molecule has 2 aromatic rings. The molecule has 0 spiro atoms. The van der Waals surface area contributed by atoms with Crippen LogP contribution in [0, 0.1) is 13.8 Å². The van der Waals surface area contributed by atoms with E-state index in [0.29, 0.717) is 12.6 Å². The van der Waals surface area contributed by atoms with Gasteiger partial charge in [-0.25, -0.2) is 0 Å². The lowest BCUT2D eigenvalue weighted by Gasteiger charge is -2.25. The summed E-state index contributed by atoms with van der Waals surface area (Å²) in [5.74, 6) is 1.76. The van der Waals surface area contributed by atoms with Crippen molar-refractivity contribution in [3.05, 3.63) is 46.3 Å². The highest BCUT2D eigenvalue weighted by Gasteiger charge is 2.19. The first-order valence-electron chi connectivity index (χ1n) is 7.53. The summed E-state index contributed by atoms with van der Waals surface area (Å²) in [6, 6.07) is 6.91. The number of fused-ring (bicyclic) bond motifs is 1. The van der Waals surface area contributed by atoms with Gasteiger partial charge in [0.25, 0.3) is 0 Å². The third kappa shape index (κ3) is 2.81. The Labute approximate surface area is 125 Å². The lowest BCUT2D eigenvalue weighted by molar-refractivity contribution is 0.301. The Balaban J connectivity index is 1.75. The summed E-state index contributed by atoms with van der Waals surface area (Å²) < 4.78 is 11.1. The van der Waals surface area contributed by atoms with Crippen molar-refractivity contribution >= 4 is 0 Å². The Kier molecular flexibility index (Phi) is 3.97. The predicted octanol–water partition coefficient (Wildman–Crippen LogP) is 3.47. The predicted molar refractivity (Wildman–Crippen MR) is 81.5 cm³/mol. The Morgan fingerprint density at radius 1 is 1.38 bits per heavy atom. The molecule has 1 atom stereocenters. The molecule has 1 aromatic carbocycles. The first-order chi connectivity index (χ1) is 10.2. The van der Waals surface area contributed by atoms with Crippen molar-refractivity contribution in [2.75, 3.05) is 7.05 Å². The second-order valence-corrected chi connectivity index (χ2v) is 5.69. The fraction of sp³-hybridized carbons (Fsp3) is 0.471. The summed E-state index contributed by atoms with van der Waals surface area (Å²) in [4.78, 5) is 0. The van der Waals surface area contributed by atoms with Crippen LogP contribution in [-0.2, 0) is 13.0 Å². The fourth-order valence-electron chi connectivity index (χ4n) is 3.04. The lowest BCUT2D eigenvalue weighted by atomic mass is 9.87. The lowest BCUT2D eigenvalue weighted by Crippen LogP contribution is -2.21. The highest BCUT2D eigenvalue weighted by atomic mass is 16.5. The number of aromatic nitrogens is 1. The number of rotatable bonds is 4. The maximum Gasteiger partial charge on any atom is 0.140 e. The standard InChI is InChI=1S/C17H22N2O2/c1-11-16(12(2)21-19-11)10-20-14-7-8-15-13(9-14)5-4-6-17(15)18-3/h7-9,17-18H,4-6,10H2,1-3H3. The minimum absolute atomic E-state index is 0.477. The normalized spacial score (nSPS) is 17.6. The average molecular weight is 286 g/mol. The summed E-state index contributed by atoms with van der Waals surface area (Å²) in [7, 11) is 2.03. The van der Waals surface area contributed by atoms with Crippen LogP contribution in [-0.4, -0.2) is 12.2 Å². The molecule has 1 aliphatic rings. The average Bonchev–Trinajstić information content (AvgIpc) is 2.83. The number of aryl methyl sites for hydroxylation is 3. The Morgan fingerprint density at radius 2 is 2.24 bits per heavy atom. The van der Waals surface area contributed by atoms with Gasteiger partial charge in [-0.3, -0.25) is 0 Å². The van der Waals surface area contributed by atoms with Gasteiger partial charge in [0.05, 0.1) is 11.3 Å². The van der Waals surface area contributed by atoms with Crippen LogP contribution in [0.15, 0.2) is 22.7 Å². The monoisotopic (exact) mass is 286 g/mol. The van der Waals surface area contributed by atoms with Gasteiger partial charge in [-0.1, -0.05) is 11.2 Å². The Hall–Kier alpha value is -1.81.